The van der Waals surface area contributed by atoms with Crippen molar-refractivity contribution in [2.45, 2.75) is 18.1 Å². The van der Waals surface area contributed by atoms with Crippen LogP contribution in [-0.4, -0.2) is 30.0 Å². The number of rotatable bonds is 1. The highest BCUT2D eigenvalue weighted by atomic mass is 32.2. The fourth-order valence-corrected chi connectivity index (χ4v) is 2.21. The second kappa shape index (κ2) is 4.95. The average Bonchev–Trinajstić information content (AvgIpc) is 2.06. The lowest BCUT2D eigenvalue weighted by Crippen LogP contribution is -2.20. The predicted octanol–water partition coefficient (Wildman–Crippen LogP) is 1.83. The van der Waals surface area contributed by atoms with E-state index in [1.807, 2.05) is 0 Å². The molecule has 0 N–H and O–H groups in total. The Morgan fingerprint density at radius 3 is 3.09 bits per heavy atom. The van der Waals surface area contributed by atoms with Gasteiger partial charge in [0.1, 0.15) is 0 Å². The van der Waals surface area contributed by atoms with E-state index in [9.17, 15) is 0 Å². The zero-order valence-electron chi connectivity index (χ0n) is 6.54. The standard InChI is InChI=1S/C7H12O2S2/c1-8-7(10)11-6-3-2-4-9-5-6/h6H,2-5H2,1H3. The molecule has 0 bridgehead atoms. The predicted molar refractivity (Wildman–Crippen MR) is 51.0 cm³/mol. The van der Waals surface area contributed by atoms with Crippen LogP contribution in [0.3, 0.4) is 0 Å². The second-order valence-corrected chi connectivity index (χ2v) is 4.31. The molecule has 0 aromatic rings. The molecule has 1 aliphatic rings. The Hall–Kier alpha value is 0.200. The maximum absolute atomic E-state index is 5.29. The monoisotopic (exact) mass is 192 g/mol. The highest BCUT2D eigenvalue weighted by Gasteiger charge is 2.16. The van der Waals surface area contributed by atoms with E-state index in [1.54, 1.807) is 18.9 Å². The maximum Gasteiger partial charge on any atom is 0.220 e. The van der Waals surface area contributed by atoms with Crippen molar-refractivity contribution in [3.8, 4) is 0 Å². The van der Waals surface area contributed by atoms with Crippen molar-refractivity contribution >= 4 is 28.4 Å². The van der Waals surface area contributed by atoms with Crippen molar-refractivity contribution in [2.24, 2.45) is 0 Å². The van der Waals surface area contributed by atoms with Gasteiger partial charge in [-0.3, -0.25) is 0 Å². The van der Waals surface area contributed by atoms with Gasteiger partial charge in [0.15, 0.2) is 0 Å². The van der Waals surface area contributed by atoms with E-state index in [0.717, 1.165) is 19.6 Å². The first-order chi connectivity index (χ1) is 5.33. The van der Waals surface area contributed by atoms with Crippen LogP contribution in [0.4, 0.5) is 0 Å². The molecule has 0 radical (unpaired) electrons. The second-order valence-electron chi connectivity index (χ2n) is 2.41. The van der Waals surface area contributed by atoms with Gasteiger partial charge < -0.3 is 9.47 Å². The van der Waals surface area contributed by atoms with Gasteiger partial charge in [-0.05, 0) is 25.1 Å². The largest absolute Gasteiger partial charge is 0.482 e. The lowest BCUT2D eigenvalue weighted by molar-refractivity contribution is 0.102. The van der Waals surface area contributed by atoms with Crippen molar-refractivity contribution in [1.82, 2.24) is 0 Å². The van der Waals surface area contributed by atoms with Crippen molar-refractivity contribution in [3.63, 3.8) is 0 Å². The minimum absolute atomic E-state index is 0.510. The van der Waals surface area contributed by atoms with Gasteiger partial charge in [-0.15, -0.1) is 0 Å². The summed E-state index contributed by atoms with van der Waals surface area (Å²) in [7, 11) is 1.61. The lowest BCUT2D eigenvalue weighted by Gasteiger charge is -2.20. The first kappa shape index (κ1) is 9.29. The van der Waals surface area contributed by atoms with Gasteiger partial charge in [0.05, 0.1) is 13.7 Å². The summed E-state index contributed by atoms with van der Waals surface area (Å²) in [4.78, 5) is 0. The molecule has 64 valence electrons. The van der Waals surface area contributed by atoms with Gasteiger partial charge in [-0.1, -0.05) is 11.8 Å². The van der Waals surface area contributed by atoms with Crippen molar-refractivity contribution < 1.29 is 9.47 Å². The van der Waals surface area contributed by atoms with Gasteiger partial charge in [-0.2, -0.15) is 0 Å². The van der Waals surface area contributed by atoms with Crippen LogP contribution >= 0.6 is 24.0 Å². The summed E-state index contributed by atoms with van der Waals surface area (Å²) in [6.07, 6.45) is 2.33. The highest BCUT2D eigenvalue weighted by Crippen LogP contribution is 2.22. The fraction of sp³-hybridized carbons (Fsp3) is 0.857. The molecule has 1 fully saturated rings. The minimum atomic E-state index is 0.510. The molecule has 4 heteroatoms. The molecule has 11 heavy (non-hydrogen) atoms. The van der Waals surface area contributed by atoms with E-state index in [1.165, 1.54) is 6.42 Å². The summed E-state index contributed by atoms with van der Waals surface area (Å²) in [6.45, 7) is 1.71. The van der Waals surface area contributed by atoms with E-state index in [4.69, 9.17) is 21.7 Å². The Morgan fingerprint density at radius 2 is 2.55 bits per heavy atom. The molecule has 0 aromatic carbocycles. The molecular formula is C7H12O2S2. The van der Waals surface area contributed by atoms with Crippen LogP contribution in [0, 0.1) is 0 Å². The molecule has 1 unspecified atom stereocenters. The Bertz CT molecular complexity index is 132. The summed E-state index contributed by atoms with van der Waals surface area (Å²) >= 11 is 6.53. The quantitative estimate of drug-likeness (QED) is 0.590. The molecule has 2 nitrogen and oxygen atoms in total. The number of thioether (sulfide) groups is 1. The van der Waals surface area contributed by atoms with Gasteiger partial charge in [0, 0.05) is 11.9 Å². The SMILES string of the molecule is COC(=S)SC1CCCOC1. The molecular weight excluding hydrogens is 180 g/mol. The molecule has 0 aromatic heterocycles. The number of ether oxygens (including phenoxy) is 2. The molecule has 0 amide bonds. The average molecular weight is 192 g/mol. The summed E-state index contributed by atoms with van der Waals surface area (Å²) in [5.74, 6) is 0. The van der Waals surface area contributed by atoms with E-state index < -0.39 is 0 Å². The van der Waals surface area contributed by atoms with Crippen LogP contribution in [0.5, 0.6) is 0 Å². The molecule has 1 rings (SSSR count). The lowest BCUT2D eigenvalue weighted by atomic mass is 10.2. The molecule has 1 atom stereocenters. The Balaban J connectivity index is 2.19. The third kappa shape index (κ3) is 3.40. The van der Waals surface area contributed by atoms with Gasteiger partial charge in [0.25, 0.3) is 0 Å². The Labute approximate surface area is 76.6 Å². The van der Waals surface area contributed by atoms with Gasteiger partial charge in [-0.25, -0.2) is 0 Å². The smallest absolute Gasteiger partial charge is 0.220 e. The summed E-state index contributed by atoms with van der Waals surface area (Å²) in [5, 5.41) is 0.510. The number of hydrogen-bond donors (Lipinski definition) is 0. The molecule has 1 heterocycles. The summed E-state index contributed by atoms with van der Waals surface area (Å²) in [6, 6.07) is 0. The van der Waals surface area contributed by atoms with E-state index in [2.05, 4.69) is 0 Å². The third-order valence-electron chi connectivity index (χ3n) is 1.55. The normalized spacial score (nSPS) is 24.6. The van der Waals surface area contributed by atoms with Crippen LogP contribution in [0.2, 0.25) is 0 Å². The van der Waals surface area contributed by atoms with Crippen molar-refractivity contribution in [1.29, 1.82) is 0 Å². The number of methoxy groups -OCH3 is 1. The summed E-state index contributed by atoms with van der Waals surface area (Å²) < 4.78 is 10.8. The topological polar surface area (TPSA) is 18.5 Å². The van der Waals surface area contributed by atoms with Crippen LogP contribution in [0.25, 0.3) is 0 Å². The first-order valence-corrected chi connectivity index (χ1v) is 4.94. The molecule has 0 saturated carbocycles. The highest BCUT2D eigenvalue weighted by molar-refractivity contribution is 8.23. The minimum Gasteiger partial charge on any atom is -0.482 e. The number of thiocarbonyl (C=S) groups is 1. The third-order valence-corrected chi connectivity index (χ3v) is 3.07. The Kier molecular flexibility index (Phi) is 4.18. The summed E-state index contributed by atoms with van der Waals surface area (Å²) in [5.41, 5.74) is 0. The molecule has 1 aliphatic heterocycles. The van der Waals surface area contributed by atoms with Crippen molar-refractivity contribution in [3.05, 3.63) is 0 Å². The van der Waals surface area contributed by atoms with Crippen LogP contribution < -0.4 is 0 Å². The van der Waals surface area contributed by atoms with Crippen LogP contribution in [0.1, 0.15) is 12.8 Å². The zero-order chi connectivity index (χ0) is 8.10. The fourth-order valence-electron chi connectivity index (χ4n) is 0.988. The zero-order valence-corrected chi connectivity index (χ0v) is 8.17. The van der Waals surface area contributed by atoms with E-state index >= 15 is 0 Å². The first-order valence-electron chi connectivity index (χ1n) is 3.65. The molecule has 1 saturated heterocycles. The van der Waals surface area contributed by atoms with Crippen molar-refractivity contribution in [2.75, 3.05) is 20.3 Å². The molecule has 0 spiro atoms. The van der Waals surface area contributed by atoms with Crippen LogP contribution in [0.15, 0.2) is 0 Å². The Morgan fingerprint density at radius 1 is 1.73 bits per heavy atom. The molecule has 0 aliphatic carbocycles. The van der Waals surface area contributed by atoms with E-state index in [-0.39, 0.29) is 0 Å². The van der Waals surface area contributed by atoms with E-state index in [0.29, 0.717) is 9.63 Å². The van der Waals surface area contributed by atoms with Gasteiger partial charge >= 0.3 is 0 Å². The van der Waals surface area contributed by atoms with Gasteiger partial charge in [0.2, 0.25) is 4.38 Å². The number of hydrogen-bond acceptors (Lipinski definition) is 4. The maximum atomic E-state index is 5.29. The van der Waals surface area contributed by atoms with Crippen LogP contribution in [-0.2, 0) is 9.47 Å².